The first-order valence-electron chi connectivity index (χ1n) is 7.92. The van der Waals surface area contributed by atoms with E-state index in [0.29, 0.717) is 24.5 Å². The summed E-state index contributed by atoms with van der Waals surface area (Å²) in [5.74, 6) is -0.423. The van der Waals surface area contributed by atoms with E-state index in [1.54, 1.807) is 12.1 Å². The van der Waals surface area contributed by atoms with Gasteiger partial charge in [0, 0.05) is 17.8 Å². The van der Waals surface area contributed by atoms with E-state index in [1.165, 1.54) is 23.5 Å². The van der Waals surface area contributed by atoms with Gasteiger partial charge in [-0.25, -0.2) is 9.37 Å². The van der Waals surface area contributed by atoms with Crippen LogP contribution in [0, 0.1) is 12.7 Å². The Hall–Kier alpha value is -1.54. The fraction of sp³-hybridized carbons (Fsp3) is 0.412. The Morgan fingerprint density at radius 1 is 1.40 bits per heavy atom. The molecule has 3 N–H and O–H groups in total. The molecular weight excluding hydrogens is 365 g/mol. The summed E-state index contributed by atoms with van der Waals surface area (Å²) in [6.07, 6.45) is 1.66. The summed E-state index contributed by atoms with van der Waals surface area (Å²) in [5, 5.41) is 3.39. The fourth-order valence-corrected chi connectivity index (χ4v) is 3.69. The molecular formula is C17H21ClFN3O2S. The molecule has 0 aliphatic carbocycles. The number of hydrogen-bond donors (Lipinski definition) is 2. The highest BCUT2D eigenvalue weighted by Crippen LogP contribution is 2.27. The summed E-state index contributed by atoms with van der Waals surface area (Å²) in [5.41, 5.74) is 7.44. The number of ether oxygens (including phenoxy) is 1. The molecule has 0 saturated carbocycles. The third-order valence-corrected chi connectivity index (χ3v) is 5.14. The number of aryl methyl sites for hydroxylation is 1. The molecule has 25 heavy (non-hydrogen) atoms. The molecule has 1 amide bonds. The Morgan fingerprint density at radius 2 is 2.12 bits per heavy atom. The van der Waals surface area contributed by atoms with Gasteiger partial charge in [-0.15, -0.1) is 23.7 Å². The number of carbonyl (C=O) groups excluding carboxylic acids is 1. The summed E-state index contributed by atoms with van der Waals surface area (Å²) in [6.45, 7) is 2.34. The van der Waals surface area contributed by atoms with Gasteiger partial charge >= 0.3 is 0 Å². The third kappa shape index (κ3) is 4.98. The number of aromatic nitrogens is 1. The van der Waals surface area contributed by atoms with Crippen molar-refractivity contribution < 1.29 is 13.9 Å². The minimum absolute atomic E-state index is 0. The van der Waals surface area contributed by atoms with Gasteiger partial charge in [-0.3, -0.25) is 10.1 Å². The lowest BCUT2D eigenvalue weighted by molar-refractivity contribution is -0.126. The van der Waals surface area contributed by atoms with Gasteiger partial charge < -0.3 is 10.5 Å². The number of thiazole rings is 1. The molecule has 0 radical (unpaired) electrons. The van der Waals surface area contributed by atoms with E-state index in [0.717, 1.165) is 22.6 Å². The van der Waals surface area contributed by atoms with Crippen LogP contribution in [0.1, 0.15) is 29.0 Å². The first-order chi connectivity index (χ1) is 11.5. The van der Waals surface area contributed by atoms with Crippen LogP contribution in [0.3, 0.4) is 0 Å². The topological polar surface area (TPSA) is 77.2 Å². The van der Waals surface area contributed by atoms with Crippen molar-refractivity contribution in [2.45, 2.75) is 38.4 Å². The molecule has 5 nitrogen and oxygen atoms in total. The van der Waals surface area contributed by atoms with Gasteiger partial charge in [0.2, 0.25) is 0 Å². The summed E-state index contributed by atoms with van der Waals surface area (Å²) < 4.78 is 18.6. The van der Waals surface area contributed by atoms with Crippen LogP contribution >= 0.6 is 23.7 Å². The predicted molar refractivity (Wildman–Crippen MR) is 98.9 cm³/mol. The zero-order valence-corrected chi connectivity index (χ0v) is 15.5. The van der Waals surface area contributed by atoms with Crippen LogP contribution < -0.4 is 11.1 Å². The Balaban J connectivity index is 0.00000225. The van der Waals surface area contributed by atoms with Crippen LogP contribution in [0.4, 0.5) is 9.52 Å². The number of benzene rings is 1. The highest BCUT2D eigenvalue weighted by Gasteiger charge is 2.30. The van der Waals surface area contributed by atoms with Crippen molar-refractivity contribution in [1.82, 2.24) is 4.98 Å². The molecule has 1 aliphatic heterocycles. The van der Waals surface area contributed by atoms with Gasteiger partial charge in [-0.05, 0) is 37.5 Å². The Morgan fingerprint density at radius 3 is 2.76 bits per heavy atom. The van der Waals surface area contributed by atoms with Crippen molar-refractivity contribution in [2.24, 2.45) is 5.73 Å². The summed E-state index contributed by atoms with van der Waals surface area (Å²) in [6, 6.07) is 6.40. The minimum Gasteiger partial charge on any atom is -0.364 e. The first kappa shape index (κ1) is 19.8. The zero-order valence-electron chi connectivity index (χ0n) is 13.8. The standard InChI is InChI=1S/C17H20FN3O2S.ClH/c1-10-15(8-11-2-4-12(18)5-3-11)24-17(20-10)21-16(22)14-7-6-13(9-19)23-14;/h2-5,13-14H,6-9,19H2,1H3,(H,20,21,22);1H/t13-,14+;/m1./s1. The van der Waals surface area contributed by atoms with E-state index in [1.807, 2.05) is 6.92 Å². The molecule has 1 aliphatic rings. The van der Waals surface area contributed by atoms with E-state index in [4.69, 9.17) is 10.5 Å². The number of halogens is 2. The second kappa shape index (κ2) is 8.71. The number of nitrogens with one attached hydrogen (secondary N) is 1. The Kier molecular flexibility index (Phi) is 6.89. The summed E-state index contributed by atoms with van der Waals surface area (Å²) in [7, 11) is 0. The number of anilines is 1. The normalized spacial score (nSPS) is 19.5. The highest BCUT2D eigenvalue weighted by atomic mass is 35.5. The van der Waals surface area contributed by atoms with Crippen LogP contribution in [0.2, 0.25) is 0 Å². The molecule has 3 rings (SSSR count). The molecule has 1 saturated heterocycles. The first-order valence-corrected chi connectivity index (χ1v) is 8.74. The van der Waals surface area contributed by atoms with E-state index in [-0.39, 0.29) is 30.2 Å². The van der Waals surface area contributed by atoms with E-state index in [2.05, 4.69) is 10.3 Å². The van der Waals surface area contributed by atoms with E-state index >= 15 is 0 Å². The number of hydrogen-bond acceptors (Lipinski definition) is 5. The quantitative estimate of drug-likeness (QED) is 0.829. The van der Waals surface area contributed by atoms with Crippen LogP contribution in [0.5, 0.6) is 0 Å². The van der Waals surface area contributed by atoms with E-state index < -0.39 is 6.10 Å². The van der Waals surface area contributed by atoms with Crippen LogP contribution in [-0.4, -0.2) is 29.6 Å². The maximum absolute atomic E-state index is 13.0. The van der Waals surface area contributed by atoms with Crippen LogP contribution in [-0.2, 0) is 16.0 Å². The number of nitrogens with two attached hydrogens (primary N) is 1. The second-order valence-corrected chi connectivity index (χ2v) is 6.96. The highest BCUT2D eigenvalue weighted by molar-refractivity contribution is 7.15. The lowest BCUT2D eigenvalue weighted by Gasteiger charge is -2.11. The lowest BCUT2D eigenvalue weighted by atomic mass is 10.1. The van der Waals surface area contributed by atoms with Crippen molar-refractivity contribution in [3.63, 3.8) is 0 Å². The molecule has 0 spiro atoms. The van der Waals surface area contributed by atoms with Crippen molar-refractivity contribution in [3.05, 3.63) is 46.2 Å². The molecule has 8 heteroatoms. The van der Waals surface area contributed by atoms with Gasteiger partial charge in [0.1, 0.15) is 11.9 Å². The Bertz CT molecular complexity index is 723. The molecule has 1 fully saturated rings. The summed E-state index contributed by atoms with van der Waals surface area (Å²) in [4.78, 5) is 17.7. The minimum atomic E-state index is -0.455. The van der Waals surface area contributed by atoms with Gasteiger partial charge in [0.15, 0.2) is 5.13 Å². The maximum Gasteiger partial charge on any atom is 0.255 e. The van der Waals surface area contributed by atoms with Gasteiger partial charge in [0.25, 0.3) is 5.91 Å². The predicted octanol–water partition coefficient (Wildman–Crippen LogP) is 3.05. The largest absolute Gasteiger partial charge is 0.364 e. The smallest absolute Gasteiger partial charge is 0.255 e. The molecule has 136 valence electrons. The average molecular weight is 386 g/mol. The molecule has 0 bridgehead atoms. The number of rotatable bonds is 5. The molecule has 1 aromatic heterocycles. The van der Waals surface area contributed by atoms with Crippen molar-refractivity contribution in [2.75, 3.05) is 11.9 Å². The second-order valence-electron chi connectivity index (χ2n) is 5.88. The molecule has 2 atom stereocenters. The average Bonchev–Trinajstić information content (AvgIpc) is 3.17. The van der Waals surface area contributed by atoms with Crippen molar-refractivity contribution >= 4 is 34.8 Å². The Labute approximate surface area is 156 Å². The van der Waals surface area contributed by atoms with Crippen LogP contribution in [0.15, 0.2) is 24.3 Å². The zero-order chi connectivity index (χ0) is 17.1. The lowest BCUT2D eigenvalue weighted by Crippen LogP contribution is -2.29. The number of carbonyl (C=O) groups is 1. The third-order valence-electron chi connectivity index (χ3n) is 4.06. The van der Waals surface area contributed by atoms with E-state index in [9.17, 15) is 9.18 Å². The molecule has 2 heterocycles. The van der Waals surface area contributed by atoms with Gasteiger partial charge in [-0.1, -0.05) is 12.1 Å². The van der Waals surface area contributed by atoms with Crippen molar-refractivity contribution in [1.29, 1.82) is 0 Å². The summed E-state index contributed by atoms with van der Waals surface area (Å²) >= 11 is 1.44. The SMILES string of the molecule is Cc1nc(NC(=O)[C@@H]2CC[C@H](CN)O2)sc1Cc1ccc(F)cc1.Cl. The number of nitrogens with zero attached hydrogens (tertiary/aromatic N) is 1. The molecule has 2 aromatic rings. The van der Waals surface area contributed by atoms with Crippen molar-refractivity contribution in [3.8, 4) is 0 Å². The van der Waals surface area contributed by atoms with Gasteiger partial charge in [0.05, 0.1) is 11.8 Å². The van der Waals surface area contributed by atoms with Gasteiger partial charge in [-0.2, -0.15) is 0 Å². The monoisotopic (exact) mass is 385 g/mol. The molecule has 0 unspecified atom stereocenters. The van der Waals surface area contributed by atoms with Crippen LogP contribution in [0.25, 0.3) is 0 Å². The number of amides is 1. The fourth-order valence-electron chi connectivity index (χ4n) is 2.69. The maximum atomic E-state index is 13.0. The molecule has 1 aromatic carbocycles.